The van der Waals surface area contributed by atoms with Crippen LogP contribution in [0.15, 0.2) is 0 Å². The van der Waals surface area contributed by atoms with E-state index in [-0.39, 0.29) is 0 Å². The summed E-state index contributed by atoms with van der Waals surface area (Å²) in [6, 6.07) is 0.572. The van der Waals surface area contributed by atoms with Gasteiger partial charge < -0.3 is 0 Å². The molecule has 0 bridgehead atoms. The minimum atomic E-state index is 0.572. The molecule has 0 spiro atoms. The van der Waals surface area contributed by atoms with E-state index in [0.717, 1.165) is 11.8 Å². The van der Waals surface area contributed by atoms with Crippen LogP contribution < -0.4 is 11.3 Å². The van der Waals surface area contributed by atoms with Gasteiger partial charge in [0.15, 0.2) is 0 Å². The number of hydrogen-bond acceptors (Lipinski definition) is 2. The fourth-order valence-electron chi connectivity index (χ4n) is 2.40. The van der Waals surface area contributed by atoms with Crippen molar-refractivity contribution in [3.8, 4) is 0 Å². The highest BCUT2D eigenvalue weighted by atomic mass is 15.2. The largest absolute Gasteiger partial charge is 0.271 e. The summed E-state index contributed by atoms with van der Waals surface area (Å²) < 4.78 is 0. The topological polar surface area (TPSA) is 38.0 Å². The molecule has 1 aliphatic carbocycles. The third-order valence-electron chi connectivity index (χ3n) is 3.39. The first-order valence-corrected chi connectivity index (χ1v) is 6.27. The molecule has 3 N–H and O–H groups in total. The van der Waals surface area contributed by atoms with Gasteiger partial charge in [0.05, 0.1) is 0 Å². The summed E-state index contributed by atoms with van der Waals surface area (Å²) in [5.41, 5.74) is 3.04. The zero-order valence-corrected chi connectivity index (χ0v) is 9.76. The highest BCUT2D eigenvalue weighted by Gasteiger charge is 2.28. The highest BCUT2D eigenvalue weighted by Crippen LogP contribution is 2.36. The molecule has 0 aromatic carbocycles. The fraction of sp³-hybridized carbons (Fsp3) is 1.00. The third-order valence-corrected chi connectivity index (χ3v) is 3.39. The van der Waals surface area contributed by atoms with Crippen LogP contribution in [0.1, 0.15) is 58.8 Å². The first kappa shape index (κ1) is 12.0. The molecule has 2 nitrogen and oxygen atoms in total. The van der Waals surface area contributed by atoms with Crippen molar-refractivity contribution in [3.63, 3.8) is 0 Å². The molecule has 1 saturated carbocycles. The lowest BCUT2D eigenvalue weighted by atomic mass is 9.88. The molecule has 1 aliphatic rings. The molecule has 0 saturated heterocycles. The molecule has 2 heteroatoms. The van der Waals surface area contributed by atoms with E-state index in [0.29, 0.717) is 6.04 Å². The quantitative estimate of drug-likeness (QED) is 0.465. The normalized spacial score (nSPS) is 18.9. The molecule has 0 aromatic heterocycles. The van der Waals surface area contributed by atoms with E-state index in [9.17, 15) is 0 Å². The van der Waals surface area contributed by atoms with Crippen LogP contribution in [-0.2, 0) is 0 Å². The molecule has 0 heterocycles. The standard InChI is InChI=1S/C12H26N2/c1-3-5-11(6-4-2)12(14-13)9-10-7-8-10/h10-12,14H,3-9,13H2,1-2H3. The molecular weight excluding hydrogens is 172 g/mol. The van der Waals surface area contributed by atoms with E-state index < -0.39 is 0 Å². The van der Waals surface area contributed by atoms with Gasteiger partial charge in [-0.15, -0.1) is 0 Å². The van der Waals surface area contributed by atoms with Crippen molar-refractivity contribution < 1.29 is 0 Å². The van der Waals surface area contributed by atoms with Crippen LogP contribution in [0.2, 0.25) is 0 Å². The van der Waals surface area contributed by atoms with E-state index in [2.05, 4.69) is 19.3 Å². The van der Waals surface area contributed by atoms with E-state index in [1.165, 1.54) is 44.9 Å². The number of nitrogens with one attached hydrogen (secondary N) is 1. The second-order valence-corrected chi connectivity index (χ2v) is 4.79. The predicted molar refractivity (Wildman–Crippen MR) is 61.8 cm³/mol. The molecule has 1 rings (SSSR count). The van der Waals surface area contributed by atoms with Gasteiger partial charge in [-0.1, -0.05) is 39.5 Å². The highest BCUT2D eigenvalue weighted by molar-refractivity contribution is 4.83. The fourth-order valence-corrected chi connectivity index (χ4v) is 2.40. The Labute approximate surface area is 88.6 Å². The van der Waals surface area contributed by atoms with Gasteiger partial charge in [0, 0.05) is 6.04 Å². The second kappa shape index (κ2) is 6.41. The average Bonchev–Trinajstić information content (AvgIpc) is 2.98. The maximum atomic E-state index is 5.66. The number of hydrazine groups is 1. The minimum Gasteiger partial charge on any atom is -0.271 e. The lowest BCUT2D eigenvalue weighted by Gasteiger charge is -2.26. The van der Waals surface area contributed by atoms with Crippen molar-refractivity contribution >= 4 is 0 Å². The van der Waals surface area contributed by atoms with Gasteiger partial charge in [-0.25, -0.2) is 0 Å². The Hall–Kier alpha value is -0.0800. The maximum absolute atomic E-state index is 5.66. The monoisotopic (exact) mass is 198 g/mol. The van der Waals surface area contributed by atoms with Crippen LogP contribution in [0.3, 0.4) is 0 Å². The molecule has 0 radical (unpaired) electrons. The van der Waals surface area contributed by atoms with Gasteiger partial charge in [-0.05, 0) is 31.1 Å². The minimum absolute atomic E-state index is 0.572. The van der Waals surface area contributed by atoms with Gasteiger partial charge in [0.2, 0.25) is 0 Å². The van der Waals surface area contributed by atoms with Crippen molar-refractivity contribution in [1.29, 1.82) is 0 Å². The Morgan fingerprint density at radius 2 is 1.79 bits per heavy atom. The van der Waals surface area contributed by atoms with Gasteiger partial charge in [-0.3, -0.25) is 11.3 Å². The molecule has 1 unspecified atom stereocenters. The average molecular weight is 198 g/mol. The van der Waals surface area contributed by atoms with E-state index >= 15 is 0 Å². The van der Waals surface area contributed by atoms with Crippen molar-refractivity contribution in [1.82, 2.24) is 5.43 Å². The van der Waals surface area contributed by atoms with Crippen molar-refractivity contribution in [3.05, 3.63) is 0 Å². The number of hydrogen-bond donors (Lipinski definition) is 2. The van der Waals surface area contributed by atoms with Crippen LogP contribution in [-0.4, -0.2) is 6.04 Å². The van der Waals surface area contributed by atoms with Gasteiger partial charge in [0.1, 0.15) is 0 Å². The van der Waals surface area contributed by atoms with Crippen molar-refractivity contribution in [2.45, 2.75) is 64.8 Å². The van der Waals surface area contributed by atoms with Crippen LogP contribution in [0, 0.1) is 11.8 Å². The first-order valence-electron chi connectivity index (χ1n) is 6.27. The van der Waals surface area contributed by atoms with Crippen LogP contribution >= 0.6 is 0 Å². The van der Waals surface area contributed by atoms with Crippen molar-refractivity contribution in [2.75, 3.05) is 0 Å². The zero-order chi connectivity index (χ0) is 10.4. The Kier molecular flexibility index (Phi) is 5.49. The van der Waals surface area contributed by atoms with Gasteiger partial charge in [-0.2, -0.15) is 0 Å². The van der Waals surface area contributed by atoms with Crippen LogP contribution in [0.4, 0.5) is 0 Å². The summed E-state index contributed by atoms with van der Waals surface area (Å²) in [6.07, 6.45) is 9.40. The summed E-state index contributed by atoms with van der Waals surface area (Å²) in [7, 11) is 0. The van der Waals surface area contributed by atoms with Crippen LogP contribution in [0.25, 0.3) is 0 Å². The molecule has 1 fully saturated rings. The maximum Gasteiger partial charge on any atom is 0.0241 e. The molecule has 84 valence electrons. The molecule has 14 heavy (non-hydrogen) atoms. The Balaban J connectivity index is 2.33. The second-order valence-electron chi connectivity index (χ2n) is 4.79. The van der Waals surface area contributed by atoms with Crippen LogP contribution in [0.5, 0.6) is 0 Å². The summed E-state index contributed by atoms with van der Waals surface area (Å²) in [4.78, 5) is 0. The lowest BCUT2D eigenvalue weighted by molar-refractivity contribution is 0.290. The van der Waals surface area contributed by atoms with Crippen molar-refractivity contribution in [2.24, 2.45) is 17.7 Å². The smallest absolute Gasteiger partial charge is 0.0241 e. The third kappa shape index (κ3) is 3.97. The van der Waals surface area contributed by atoms with E-state index in [1.807, 2.05) is 0 Å². The Morgan fingerprint density at radius 1 is 1.21 bits per heavy atom. The molecule has 1 atom stereocenters. The lowest BCUT2D eigenvalue weighted by Crippen LogP contribution is -2.41. The van der Waals surface area contributed by atoms with E-state index in [4.69, 9.17) is 5.84 Å². The predicted octanol–water partition coefficient (Wildman–Crippen LogP) is 2.83. The molecular formula is C12H26N2. The van der Waals surface area contributed by atoms with E-state index in [1.54, 1.807) is 0 Å². The molecule has 0 amide bonds. The summed E-state index contributed by atoms with van der Waals surface area (Å²) in [5, 5.41) is 0. The molecule has 0 aromatic rings. The SMILES string of the molecule is CCCC(CCC)C(CC1CC1)NN. The first-order chi connectivity index (χ1) is 6.81. The Bertz CT molecular complexity index is 137. The summed E-state index contributed by atoms with van der Waals surface area (Å²) >= 11 is 0. The molecule has 0 aliphatic heterocycles. The zero-order valence-electron chi connectivity index (χ0n) is 9.76. The Morgan fingerprint density at radius 3 is 2.14 bits per heavy atom. The van der Waals surface area contributed by atoms with Gasteiger partial charge >= 0.3 is 0 Å². The van der Waals surface area contributed by atoms with Gasteiger partial charge in [0.25, 0.3) is 0 Å². The number of nitrogens with two attached hydrogens (primary N) is 1. The summed E-state index contributed by atoms with van der Waals surface area (Å²) in [6.45, 7) is 4.54. The summed E-state index contributed by atoms with van der Waals surface area (Å²) in [5.74, 6) is 7.44. The number of rotatable bonds is 8.